The average Bonchev–Trinajstić information content (AvgIpc) is 3.39. The first-order valence-electron chi connectivity index (χ1n) is 8.39. The molecule has 0 radical (unpaired) electrons. The summed E-state index contributed by atoms with van der Waals surface area (Å²) < 4.78 is 0. The standard InChI is InChI=1S/C20H20N2O3S2/c1-14-4-6-15(7-5-14)11-21-18(23)19(24)22-13-20(25,16-8-10-26-12-16)17-3-2-9-27-17/h2-10,12,25H,11,13H2,1H3,(H,21,23)(H,22,24). The number of hydrogen-bond acceptors (Lipinski definition) is 5. The molecule has 2 aromatic heterocycles. The highest BCUT2D eigenvalue weighted by molar-refractivity contribution is 7.10. The minimum absolute atomic E-state index is 0.0823. The fourth-order valence-corrected chi connectivity index (χ4v) is 4.17. The van der Waals surface area contributed by atoms with Crippen molar-refractivity contribution in [1.29, 1.82) is 0 Å². The first-order chi connectivity index (χ1) is 13.0. The van der Waals surface area contributed by atoms with Crippen molar-refractivity contribution in [2.45, 2.75) is 19.1 Å². The first kappa shape index (κ1) is 19.3. The van der Waals surface area contributed by atoms with Crippen LogP contribution >= 0.6 is 22.7 Å². The molecule has 0 bridgehead atoms. The van der Waals surface area contributed by atoms with E-state index in [1.807, 2.05) is 65.5 Å². The van der Waals surface area contributed by atoms with Gasteiger partial charge in [0, 0.05) is 17.0 Å². The molecule has 3 rings (SSSR count). The third-order valence-electron chi connectivity index (χ3n) is 4.21. The van der Waals surface area contributed by atoms with Crippen molar-refractivity contribution in [2.75, 3.05) is 6.54 Å². The van der Waals surface area contributed by atoms with Crippen LogP contribution in [0.5, 0.6) is 0 Å². The Bertz CT molecular complexity index is 854. The third kappa shape index (κ3) is 4.63. The Labute approximate surface area is 165 Å². The zero-order valence-electron chi connectivity index (χ0n) is 14.8. The number of hydrogen-bond donors (Lipinski definition) is 3. The number of amides is 2. The van der Waals surface area contributed by atoms with Gasteiger partial charge in [-0.25, -0.2) is 0 Å². The Morgan fingerprint density at radius 3 is 2.41 bits per heavy atom. The molecule has 0 aliphatic heterocycles. The van der Waals surface area contributed by atoms with Gasteiger partial charge in [0.1, 0.15) is 5.60 Å². The largest absolute Gasteiger partial charge is 0.378 e. The molecule has 0 fully saturated rings. The van der Waals surface area contributed by atoms with E-state index >= 15 is 0 Å². The van der Waals surface area contributed by atoms with Gasteiger partial charge >= 0.3 is 11.8 Å². The Hall–Kier alpha value is -2.48. The van der Waals surface area contributed by atoms with Gasteiger partial charge in [0.05, 0.1) is 6.54 Å². The highest BCUT2D eigenvalue weighted by atomic mass is 32.1. The van der Waals surface area contributed by atoms with Gasteiger partial charge in [0.2, 0.25) is 0 Å². The molecule has 3 N–H and O–H groups in total. The zero-order chi connectivity index (χ0) is 19.3. The summed E-state index contributed by atoms with van der Waals surface area (Å²) in [7, 11) is 0. The van der Waals surface area contributed by atoms with E-state index in [0.29, 0.717) is 10.4 Å². The fourth-order valence-electron chi connectivity index (χ4n) is 2.60. The Morgan fingerprint density at radius 1 is 1.04 bits per heavy atom. The summed E-state index contributed by atoms with van der Waals surface area (Å²) in [5, 5.41) is 21.9. The minimum atomic E-state index is -1.36. The van der Waals surface area contributed by atoms with Crippen LogP contribution in [0.4, 0.5) is 0 Å². The van der Waals surface area contributed by atoms with Crippen molar-refractivity contribution >= 4 is 34.5 Å². The molecule has 1 unspecified atom stereocenters. The average molecular weight is 401 g/mol. The fraction of sp³-hybridized carbons (Fsp3) is 0.200. The summed E-state index contributed by atoms with van der Waals surface area (Å²) in [6.45, 7) is 2.17. The zero-order valence-corrected chi connectivity index (χ0v) is 16.4. The van der Waals surface area contributed by atoms with E-state index in [2.05, 4.69) is 10.6 Å². The Kier molecular flexibility index (Phi) is 6.05. The van der Waals surface area contributed by atoms with Gasteiger partial charge in [0.15, 0.2) is 0 Å². The monoisotopic (exact) mass is 400 g/mol. The molecule has 1 atom stereocenters. The molecule has 0 aliphatic rings. The predicted molar refractivity (Wildman–Crippen MR) is 108 cm³/mol. The van der Waals surface area contributed by atoms with Crippen LogP contribution in [0.15, 0.2) is 58.6 Å². The van der Waals surface area contributed by atoms with Crippen molar-refractivity contribution in [2.24, 2.45) is 0 Å². The van der Waals surface area contributed by atoms with Gasteiger partial charge in [-0.15, -0.1) is 11.3 Å². The number of rotatable bonds is 6. The Morgan fingerprint density at radius 2 is 1.78 bits per heavy atom. The van der Waals surface area contributed by atoms with E-state index in [1.54, 1.807) is 0 Å². The molecule has 0 saturated heterocycles. The number of thiophene rings is 2. The summed E-state index contributed by atoms with van der Waals surface area (Å²) in [5.74, 6) is -1.50. The summed E-state index contributed by atoms with van der Waals surface area (Å²) in [5.41, 5.74) is 1.37. The van der Waals surface area contributed by atoms with Crippen LogP contribution in [-0.2, 0) is 21.7 Å². The van der Waals surface area contributed by atoms with Gasteiger partial charge in [-0.05, 0) is 40.8 Å². The van der Waals surface area contributed by atoms with E-state index in [9.17, 15) is 14.7 Å². The molecular weight excluding hydrogens is 380 g/mol. The van der Waals surface area contributed by atoms with Gasteiger partial charge < -0.3 is 15.7 Å². The van der Waals surface area contributed by atoms with Crippen LogP contribution < -0.4 is 10.6 Å². The lowest BCUT2D eigenvalue weighted by atomic mass is 9.94. The first-order valence-corrected chi connectivity index (χ1v) is 10.2. The molecule has 5 nitrogen and oxygen atoms in total. The van der Waals surface area contributed by atoms with Gasteiger partial charge in [-0.2, -0.15) is 11.3 Å². The molecule has 0 spiro atoms. The van der Waals surface area contributed by atoms with Crippen LogP contribution in [0.1, 0.15) is 21.6 Å². The Balaban J connectivity index is 1.61. The maximum atomic E-state index is 12.2. The number of aliphatic hydroxyl groups is 1. The van der Waals surface area contributed by atoms with Gasteiger partial charge in [-0.3, -0.25) is 9.59 Å². The van der Waals surface area contributed by atoms with E-state index in [1.165, 1.54) is 22.7 Å². The molecule has 27 heavy (non-hydrogen) atoms. The summed E-state index contributed by atoms with van der Waals surface area (Å²) in [6, 6.07) is 13.2. The van der Waals surface area contributed by atoms with Crippen molar-refractivity contribution < 1.29 is 14.7 Å². The van der Waals surface area contributed by atoms with Crippen LogP contribution in [0.2, 0.25) is 0 Å². The topological polar surface area (TPSA) is 78.4 Å². The van der Waals surface area contributed by atoms with Crippen molar-refractivity contribution in [3.63, 3.8) is 0 Å². The molecule has 7 heteroatoms. The van der Waals surface area contributed by atoms with Gasteiger partial charge in [-0.1, -0.05) is 35.9 Å². The van der Waals surface area contributed by atoms with Gasteiger partial charge in [0.25, 0.3) is 0 Å². The van der Waals surface area contributed by atoms with E-state index in [-0.39, 0.29) is 13.1 Å². The molecular formula is C20H20N2O3S2. The summed E-state index contributed by atoms with van der Waals surface area (Å²) >= 11 is 2.86. The predicted octanol–water partition coefficient (Wildman–Crippen LogP) is 2.79. The highest BCUT2D eigenvalue weighted by Gasteiger charge is 2.34. The number of nitrogens with one attached hydrogen (secondary N) is 2. The second-order valence-corrected chi connectivity index (χ2v) is 7.93. The quantitative estimate of drug-likeness (QED) is 0.557. The van der Waals surface area contributed by atoms with E-state index in [0.717, 1.165) is 11.1 Å². The molecule has 140 valence electrons. The molecule has 0 aliphatic carbocycles. The number of carbonyl (C=O) groups excluding carboxylic acids is 2. The normalized spacial score (nSPS) is 13.0. The highest BCUT2D eigenvalue weighted by Crippen LogP contribution is 2.33. The van der Waals surface area contributed by atoms with E-state index in [4.69, 9.17) is 0 Å². The third-order valence-corrected chi connectivity index (χ3v) is 5.92. The second kappa shape index (κ2) is 8.47. The second-order valence-electron chi connectivity index (χ2n) is 6.20. The molecule has 3 aromatic rings. The maximum Gasteiger partial charge on any atom is 0.309 e. The smallest absolute Gasteiger partial charge is 0.309 e. The van der Waals surface area contributed by atoms with Crippen LogP contribution in [-0.4, -0.2) is 23.5 Å². The SMILES string of the molecule is Cc1ccc(CNC(=O)C(=O)NCC(O)(c2ccsc2)c2cccs2)cc1. The maximum absolute atomic E-state index is 12.2. The minimum Gasteiger partial charge on any atom is -0.378 e. The van der Waals surface area contributed by atoms with Crippen molar-refractivity contribution in [3.05, 3.63) is 80.2 Å². The molecule has 2 amide bonds. The van der Waals surface area contributed by atoms with Crippen molar-refractivity contribution in [1.82, 2.24) is 10.6 Å². The lowest BCUT2D eigenvalue weighted by molar-refractivity contribution is -0.139. The van der Waals surface area contributed by atoms with Crippen LogP contribution in [0.25, 0.3) is 0 Å². The van der Waals surface area contributed by atoms with Crippen LogP contribution in [0.3, 0.4) is 0 Å². The van der Waals surface area contributed by atoms with Crippen LogP contribution in [0, 0.1) is 6.92 Å². The number of aryl methyl sites for hydroxylation is 1. The summed E-state index contributed by atoms with van der Waals surface area (Å²) in [4.78, 5) is 25.0. The molecule has 0 saturated carbocycles. The number of carbonyl (C=O) groups is 2. The lowest BCUT2D eigenvalue weighted by Gasteiger charge is -2.26. The lowest BCUT2D eigenvalue weighted by Crippen LogP contribution is -2.46. The molecule has 1 aromatic carbocycles. The van der Waals surface area contributed by atoms with E-state index < -0.39 is 17.4 Å². The van der Waals surface area contributed by atoms with Crippen molar-refractivity contribution in [3.8, 4) is 0 Å². The molecule has 2 heterocycles. The summed E-state index contributed by atoms with van der Waals surface area (Å²) in [6.07, 6.45) is 0. The number of benzene rings is 1.